The second-order valence-electron chi connectivity index (χ2n) is 6.32. The van der Waals surface area contributed by atoms with Crippen LogP contribution in [0.2, 0.25) is 0 Å². The summed E-state index contributed by atoms with van der Waals surface area (Å²) < 4.78 is 15.3. The lowest BCUT2D eigenvalue weighted by molar-refractivity contribution is 0.0936. The minimum atomic E-state index is -0.613. The van der Waals surface area contributed by atoms with Crippen LogP contribution in [0.25, 0.3) is 0 Å². The Kier molecular flexibility index (Phi) is 5.44. The predicted octanol–water partition coefficient (Wildman–Crippen LogP) is 2.40. The second-order valence-corrected chi connectivity index (χ2v) is 6.32. The Labute approximate surface area is 160 Å². The third-order valence-electron chi connectivity index (χ3n) is 4.25. The smallest absolute Gasteiger partial charge is 0.258 e. The van der Waals surface area contributed by atoms with Crippen LogP contribution in [0.1, 0.15) is 45.1 Å². The van der Waals surface area contributed by atoms with Gasteiger partial charge in [-0.15, -0.1) is 5.10 Å². The van der Waals surface area contributed by atoms with Crippen LogP contribution in [0.5, 0.6) is 0 Å². The summed E-state index contributed by atoms with van der Waals surface area (Å²) in [6, 6.07) is 10.2. The van der Waals surface area contributed by atoms with Crippen LogP contribution in [0, 0.1) is 12.7 Å². The first-order chi connectivity index (χ1) is 13.4. The van der Waals surface area contributed by atoms with Crippen molar-refractivity contribution < 1.29 is 14.0 Å². The van der Waals surface area contributed by atoms with Gasteiger partial charge in [0.05, 0.1) is 11.6 Å². The van der Waals surface area contributed by atoms with E-state index in [4.69, 9.17) is 0 Å². The van der Waals surface area contributed by atoms with Crippen LogP contribution in [0.4, 0.5) is 10.1 Å². The molecule has 1 atom stereocenters. The molecule has 3 aromatic rings. The van der Waals surface area contributed by atoms with Gasteiger partial charge in [0.1, 0.15) is 5.82 Å². The van der Waals surface area contributed by atoms with Crippen molar-refractivity contribution in [2.45, 2.75) is 19.9 Å². The Morgan fingerprint density at radius 2 is 1.89 bits per heavy atom. The Hall–Kier alpha value is -3.62. The number of hydrogen-bond donors (Lipinski definition) is 2. The summed E-state index contributed by atoms with van der Waals surface area (Å²) >= 11 is 0. The number of aryl methyl sites for hydroxylation is 2. The van der Waals surface area contributed by atoms with Gasteiger partial charge in [0.25, 0.3) is 11.8 Å². The fraction of sp³-hybridized carbons (Fsp3) is 0.211. The zero-order chi connectivity index (χ0) is 20.3. The molecular formula is C19H19FN6O2. The van der Waals surface area contributed by atoms with E-state index in [1.807, 2.05) is 0 Å². The summed E-state index contributed by atoms with van der Waals surface area (Å²) in [4.78, 5) is 24.9. The first kappa shape index (κ1) is 19.2. The lowest BCUT2D eigenvalue weighted by atomic mass is 10.1. The molecule has 8 nitrogen and oxygen atoms in total. The Morgan fingerprint density at radius 1 is 1.14 bits per heavy atom. The van der Waals surface area contributed by atoms with E-state index in [1.54, 1.807) is 45.2 Å². The standard InChI is InChI=1S/C19H19FN6O2/c1-11-8-9-13(18(27)21-12(2)17-23-24-25-26(17)3)10-16(11)22-19(28)14-6-4-5-7-15(14)20/h4-10,12H,1-3H3,(H,21,27)(H,22,28)/t12-/m0/s1. The third-order valence-corrected chi connectivity index (χ3v) is 4.25. The molecule has 0 aliphatic carbocycles. The molecule has 3 rings (SSSR count). The minimum absolute atomic E-state index is 0.0693. The molecule has 2 N–H and O–H groups in total. The van der Waals surface area contributed by atoms with Crippen LogP contribution in [0.3, 0.4) is 0 Å². The fourth-order valence-corrected chi connectivity index (χ4v) is 2.68. The van der Waals surface area contributed by atoms with Crippen LogP contribution in [-0.2, 0) is 7.05 Å². The molecule has 0 saturated heterocycles. The molecule has 0 radical (unpaired) electrons. The molecule has 0 bridgehead atoms. The quantitative estimate of drug-likeness (QED) is 0.706. The van der Waals surface area contributed by atoms with Crippen LogP contribution >= 0.6 is 0 Å². The van der Waals surface area contributed by atoms with Gasteiger partial charge in [-0.25, -0.2) is 9.07 Å². The van der Waals surface area contributed by atoms with Crippen molar-refractivity contribution in [3.05, 3.63) is 70.8 Å². The van der Waals surface area contributed by atoms with Gasteiger partial charge in [-0.3, -0.25) is 9.59 Å². The molecule has 2 aromatic carbocycles. The molecule has 0 fully saturated rings. The number of hydrogen-bond acceptors (Lipinski definition) is 5. The van der Waals surface area contributed by atoms with E-state index in [9.17, 15) is 14.0 Å². The van der Waals surface area contributed by atoms with E-state index in [-0.39, 0.29) is 11.5 Å². The topological polar surface area (TPSA) is 102 Å². The van der Waals surface area contributed by atoms with Crippen molar-refractivity contribution >= 4 is 17.5 Å². The number of tetrazole rings is 1. The third kappa shape index (κ3) is 4.03. The Morgan fingerprint density at radius 3 is 2.57 bits per heavy atom. The van der Waals surface area contributed by atoms with Gasteiger partial charge >= 0.3 is 0 Å². The number of nitrogens with zero attached hydrogens (tertiary/aromatic N) is 4. The molecule has 2 amide bonds. The molecule has 144 valence electrons. The van der Waals surface area contributed by atoms with Gasteiger partial charge in [0.2, 0.25) is 0 Å². The minimum Gasteiger partial charge on any atom is -0.342 e. The molecule has 9 heteroatoms. The van der Waals surface area contributed by atoms with E-state index in [0.29, 0.717) is 17.1 Å². The number of benzene rings is 2. The van der Waals surface area contributed by atoms with Crippen LogP contribution in [0.15, 0.2) is 42.5 Å². The van der Waals surface area contributed by atoms with Gasteiger partial charge in [-0.2, -0.15) is 0 Å². The van der Waals surface area contributed by atoms with Crippen LogP contribution in [-0.4, -0.2) is 32.0 Å². The van der Waals surface area contributed by atoms with Gasteiger partial charge in [-0.1, -0.05) is 18.2 Å². The second kappa shape index (κ2) is 7.95. The maximum Gasteiger partial charge on any atom is 0.258 e. The van der Waals surface area contributed by atoms with E-state index in [2.05, 4.69) is 26.2 Å². The summed E-state index contributed by atoms with van der Waals surface area (Å²) in [5, 5.41) is 16.6. The van der Waals surface area contributed by atoms with Crippen molar-refractivity contribution in [3.8, 4) is 0 Å². The van der Waals surface area contributed by atoms with Crippen molar-refractivity contribution in [1.29, 1.82) is 0 Å². The number of carbonyl (C=O) groups excluding carboxylic acids is 2. The largest absolute Gasteiger partial charge is 0.342 e. The molecule has 0 unspecified atom stereocenters. The van der Waals surface area contributed by atoms with Crippen molar-refractivity contribution in [1.82, 2.24) is 25.5 Å². The molecule has 0 spiro atoms. The number of carbonyl (C=O) groups is 2. The molecule has 0 saturated carbocycles. The monoisotopic (exact) mass is 382 g/mol. The van der Waals surface area contributed by atoms with Gasteiger partial charge in [0.15, 0.2) is 5.82 Å². The zero-order valence-corrected chi connectivity index (χ0v) is 15.6. The maximum absolute atomic E-state index is 13.8. The highest BCUT2D eigenvalue weighted by Gasteiger charge is 2.18. The zero-order valence-electron chi connectivity index (χ0n) is 15.6. The summed E-state index contributed by atoms with van der Waals surface area (Å²) in [6.07, 6.45) is 0. The van der Waals surface area contributed by atoms with E-state index < -0.39 is 17.8 Å². The van der Waals surface area contributed by atoms with E-state index in [1.165, 1.54) is 22.9 Å². The number of nitrogens with one attached hydrogen (secondary N) is 2. The molecule has 1 aromatic heterocycles. The molecule has 0 aliphatic heterocycles. The predicted molar refractivity (Wildman–Crippen MR) is 100 cm³/mol. The average molecular weight is 382 g/mol. The first-order valence-corrected chi connectivity index (χ1v) is 8.56. The highest BCUT2D eigenvalue weighted by Crippen LogP contribution is 2.19. The van der Waals surface area contributed by atoms with Gasteiger partial charge < -0.3 is 10.6 Å². The normalized spacial score (nSPS) is 11.7. The highest BCUT2D eigenvalue weighted by molar-refractivity contribution is 6.05. The summed E-state index contributed by atoms with van der Waals surface area (Å²) in [6.45, 7) is 3.55. The van der Waals surface area contributed by atoms with Crippen molar-refractivity contribution in [2.75, 3.05) is 5.32 Å². The number of amides is 2. The molecule has 28 heavy (non-hydrogen) atoms. The lowest BCUT2D eigenvalue weighted by Gasteiger charge is -2.14. The number of rotatable bonds is 5. The fourth-order valence-electron chi connectivity index (χ4n) is 2.68. The SMILES string of the molecule is Cc1ccc(C(=O)N[C@@H](C)c2nnnn2C)cc1NC(=O)c1ccccc1F. The van der Waals surface area contributed by atoms with Crippen molar-refractivity contribution in [2.24, 2.45) is 7.05 Å². The molecular weight excluding hydrogens is 363 g/mol. The van der Waals surface area contributed by atoms with E-state index >= 15 is 0 Å². The lowest BCUT2D eigenvalue weighted by Crippen LogP contribution is -2.28. The number of anilines is 1. The summed E-state index contributed by atoms with van der Waals surface area (Å²) in [5.74, 6) is -1.04. The maximum atomic E-state index is 13.8. The Bertz CT molecular complexity index is 1030. The van der Waals surface area contributed by atoms with Gasteiger partial charge in [0, 0.05) is 18.3 Å². The Balaban J connectivity index is 1.77. The van der Waals surface area contributed by atoms with Gasteiger partial charge in [-0.05, 0) is 54.1 Å². The summed E-state index contributed by atoms with van der Waals surface area (Å²) in [7, 11) is 1.68. The van der Waals surface area contributed by atoms with E-state index in [0.717, 1.165) is 5.56 Å². The number of aromatic nitrogens is 4. The van der Waals surface area contributed by atoms with Crippen molar-refractivity contribution in [3.63, 3.8) is 0 Å². The highest BCUT2D eigenvalue weighted by atomic mass is 19.1. The summed E-state index contributed by atoms with van der Waals surface area (Å²) in [5.41, 5.74) is 1.44. The average Bonchev–Trinajstić information content (AvgIpc) is 3.09. The molecule has 0 aliphatic rings. The first-order valence-electron chi connectivity index (χ1n) is 8.56. The van der Waals surface area contributed by atoms with Crippen LogP contribution < -0.4 is 10.6 Å². The molecule has 1 heterocycles. The number of halogens is 1.